The first-order valence-corrected chi connectivity index (χ1v) is 13.4. The van der Waals surface area contributed by atoms with Gasteiger partial charge in [0.15, 0.2) is 0 Å². The van der Waals surface area contributed by atoms with Gasteiger partial charge in [-0.15, -0.1) is 0 Å². The SMILES string of the molecule is COc1ccccc1N1CCN(S(=O)(=O)c2cc(C)n(S(=O)(=O)c3ccccc3)c2C)CC1. The summed E-state index contributed by atoms with van der Waals surface area (Å²) in [5.41, 5.74) is 1.45. The van der Waals surface area contributed by atoms with Gasteiger partial charge in [0.2, 0.25) is 10.0 Å². The van der Waals surface area contributed by atoms with Crippen molar-refractivity contribution in [3.8, 4) is 5.75 Å². The summed E-state index contributed by atoms with van der Waals surface area (Å²) in [7, 11) is -6.17. The van der Waals surface area contributed by atoms with Gasteiger partial charge in [-0.2, -0.15) is 4.31 Å². The molecule has 1 aromatic heterocycles. The van der Waals surface area contributed by atoms with Gasteiger partial charge in [0.05, 0.1) is 23.4 Å². The number of para-hydroxylation sites is 2. The summed E-state index contributed by atoms with van der Waals surface area (Å²) < 4.78 is 61.3. The van der Waals surface area contributed by atoms with Crippen LogP contribution in [0.4, 0.5) is 5.69 Å². The fraction of sp³-hybridized carbons (Fsp3) is 0.304. The van der Waals surface area contributed by atoms with Crippen LogP contribution in [0.3, 0.4) is 0 Å². The molecule has 0 spiro atoms. The first-order chi connectivity index (χ1) is 15.7. The molecular formula is C23H27N3O5S2. The van der Waals surface area contributed by atoms with Crippen LogP contribution in [0.25, 0.3) is 0 Å². The van der Waals surface area contributed by atoms with Crippen LogP contribution in [-0.2, 0) is 20.0 Å². The van der Waals surface area contributed by atoms with E-state index in [0.717, 1.165) is 15.4 Å². The molecule has 1 aliphatic rings. The number of methoxy groups -OCH3 is 1. The maximum Gasteiger partial charge on any atom is 0.268 e. The summed E-state index contributed by atoms with van der Waals surface area (Å²) in [4.78, 5) is 2.22. The van der Waals surface area contributed by atoms with Gasteiger partial charge in [-0.1, -0.05) is 30.3 Å². The molecule has 0 bridgehead atoms. The minimum absolute atomic E-state index is 0.0187. The van der Waals surface area contributed by atoms with E-state index >= 15 is 0 Å². The average Bonchev–Trinajstić information content (AvgIpc) is 3.15. The molecule has 33 heavy (non-hydrogen) atoms. The average molecular weight is 490 g/mol. The summed E-state index contributed by atoms with van der Waals surface area (Å²) in [6.07, 6.45) is 0. The lowest BCUT2D eigenvalue weighted by Gasteiger charge is -2.35. The van der Waals surface area contributed by atoms with Crippen molar-refractivity contribution in [3.63, 3.8) is 0 Å². The Labute approximate surface area is 195 Å². The van der Waals surface area contributed by atoms with E-state index in [2.05, 4.69) is 4.90 Å². The monoisotopic (exact) mass is 489 g/mol. The van der Waals surface area contributed by atoms with Crippen molar-refractivity contribution in [2.75, 3.05) is 38.2 Å². The topological polar surface area (TPSA) is 88.9 Å². The Morgan fingerprint density at radius 3 is 2.03 bits per heavy atom. The molecule has 176 valence electrons. The van der Waals surface area contributed by atoms with Crippen molar-refractivity contribution in [1.82, 2.24) is 8.28 Å². The van der Waals surface area contributed by atoms with E-state index in [1.54, 1.807) is 32.2 Å². The van der Waals surface area contributed by atoms with Crippen molar-refractivity contribution in [2.24, 2.45) is 0 Å². The van der Waals surface area contributed by atoms with E-state index in [0.29, 0.717) is 18.8 Å². The number of rotatable bonds is 6. The van der Waals surface area contributed by atoms with Crippen LogP contribution in [0, 0.1) is 13.8 Å². The number of sulfonamides is 1. The Bertz CT molecular complexity index is 1360. The molecule has 0 N–H and O–H groups in total. The molecule has 2 heterocycles. The fourth-order valence-electron chi connectivity index (χ4n) is 4.25. The van der Waals surface area contributed by atoms with Gasteiger partial charge in [-0.3, -0.25) is 0 Å². The maximum atomic E-state index is 13.5. The fourth-order valence-corrected chi connectivity index (χ4v) is 7.61. The third kappa shape index (κ3) is 4.14. The van der Waals surface area contributed by atoms with Crippen LogP contribution in [0.5, 0.6) is 5.75 Å². The van der Waals surface area contributed by atoms with Crippen LogP contribution in [-0.4, -0.2) is 58.4 Å². The standard InChI is InChI=1S/C23H27N3O5S2/c1-18-17-23(19(2)26(18)32(27,28)20-9-5-4-6-10-20)33(29,30)25-15-13-24(14-16-25)21-11-7-8-12-22(21)31-3/h4-12,17H,13-16H2,1-3H3. The number of hydrogen-bond donors (Lipinski definition) is 0. The predicted octanol–water partition coefficient (Wildman–Crippen LogP) is 2.86. The minimum Gasteiger partial charge on any atom is -0.495 e. The second kappa shape index (κ2) is 8.85. The molecule has 0 amide bonds. The van der Waals surface area contributed by atoms with Crippen molar-refractivity contribution in [2.45, 2.75) is 23.6 Å². The first kappa shape index (κ1) is 23.3. The number of aryl methyl sites for hydroxylation is 1. The number of hydrogen-bond acceptors (Lipinski definition) is 6. The molecule has 10 heteroatoms. The molecular weight excluding hydrogens is 462 g/mol. The van der Waals surface area contributed by atoms with Gasteiger partial charge in [0.25, 0.3) is 10.0 Å². The van der Waals surface area contributed by atoms with E-state index in [9.17, 15) is 16.8 Å². The number of aromatic nitrogens is 1. The lowest BCUT2D eigenvalue weighted by molar-refractivity contribution is 0.378. The summed E-state index contributed by atoms with van der Waals surface area (Å²) in [5.74, 6) is 0.739. The van der Waals surface area contributed by atoms with E-state index < -0.39 is 20.0 Å². The molecule has 2 aromatic carbocycles. The lowest BCUT2D eigenvalue weighted by atomic mass is 10.2. The van der Waals surface area contributed by atoms with E-state index in [-0.39, 0.29) is 28.6 Å². The zero-order valence-corrected chi connectivity index (χ0v) is 20.4. The maximum absolute atomic E-state index is 13.5. The molecule has 1 fully saturated rings. The van der Waals surface area contributed by atoms with Crippen LogP contribution < -0.4 is 9.64 Å². The zero-order chi connectivity index (χ0) is 23.8. The van der Waals surface area contributed by atoms with E-state index in [1.165, 1.54) is 29.4 Å². The zero-order valence-electron chi connectivity index (χ0n) is 18.8. The molecule has 0 radical (unpaired) electrons. The molecule has 0 saturated carbocycles. The second-order valence-corrected chi connectivity index (χ2v) is 11.6. The van der Waals surface area contributed by atoms with Crippen LogP contribution in [0.2, 0.25) is 0 Å². The molecule has 0 atom stereocenters. The van der Waals surface area contributed by atoms with Crippen LogP contribution in [0.1, 0.15) is 11.4 Å². The lowest BCUT2D eigenvalue weighted by Crippen LogP contribution is -2.48. The highest BCUT2D eigenvalue weighted by atomic mass is 32.2. The third-order valence-electron chi connectivity index (χ3n) is 5.89. The Morgan fingerprint density at radius 2 is 1.39 bits per heavy atom. The summed E-state index contributed by atoms with van der Waals surface area (Å²) in [6.45, 7) is 4.71. The quantitative estimate of drug-likeness (QED) is 0.529. The minimum atomic E-state index is -3.91. The van der Waals surface area contributed by atoms with Crippen molar-refractivity contribution < 1.29 is 21.6 Å². The van der Waals surface area contributed by atoms with Crippen molar-refractivity contribution >= 4 is 25.7 Å². The van der Waals surface area contributed by atoms with Crippen LogP contribution >= 0.6 is 0 Å². The largest absolute Gasteiger partial charge is 0.495 e. The van der Waals surface area contributed by atoms with Gasteiger partial charge < -0.3 is 9.64 Å². The predicted molar refractivity (Wildman–Crippen MR) is 127 cm³/mol. The van der Waals surface area contributed by atoms with Gasteiger partial charge in [-0.05, 0) is 44.2 Å². The van der Waals surface area contributed by atoms with Gasteiger partial charge in [0, 0.05) is 31.9 Å². The van der Waals surface area contributed by atoms with Gasteiger partial charge in [-0.25, -0.2) is 20.8 Å². The third-order valence-corrected chi connectivity index (χ3v) is 9.81. The molecule has 3 aromatic rings. The molecule has 1 aliphatic heterocycles. The summed E-state index contributed by atoms with van der Waals surface area (Å²) in [6, 6.07) is 17.1. The van der Waals surface area contributed by atoms with Gasteiger partial charge >= 0.3 is 0 Å². The number of benzene rings is 2. The molecule has 1 saturated heterocycles. The second-order valence-electron chi connectivity index (χ2n) is 7.88. The molecule has 4 rings (SSSR count). The normalized spacial score (nSPS) is 15.5. The molecule has 0 unspecified atom stereocenters. The Balaban J connectivity index is 1.61. The van der Waals surface area contributed by atoms with Gasteiger partial charge in [0.1, 0.15) is 10.6 Å². The van der Waals surface area contributed by atoms with Crippen molar-refractivity contribution in [3.05, 3.63) is 72.1 Å². The first-order valence-electron chi connectivity index (χ1n) is 10.6. The van der Waals surface area contributed by atoms with E-state index in [4.69, 9.17) is 4.74 Å². The smallest absolute Gasteiger partial charge is 0.268 e. The number of ether oxygens (including phenoxy) is 1. The molecule has 8 nitrogen and oxygen atoms in total. The number of piperazine rings is 1. The van der Waals surface area contributed by atoms with Crippen molar-refractivity contribution in [1.29, 1.82) is 0 Å². The Morgan fingerprint density at radius 1 is 0.788 bits per heavy atom. The summed E-state index contributed by atoms with van der Waals surface area (Å²) in [5, 5.41) is 0. The highest BCUT2D eigenvalue weighted by Gasteiger charge is 2.34. The number of nitrogens with zero attached hydrogens (tertiary/aromatic N) is 3. The molecule has 0 aliphatic carbocycles. The summed E-state index contributed by atoms with van der Waals surface area (Å²) >= 11 is 0. The highest BCUT2D eigenvalue weighted by Crippen LogP contribution is 2.31. The van der Waals surface area contributed by atoms with Crippen LogP contribution in [0.15, 0.2) is 70.5 Å². The number of anilines is 1. The van der Waals surface area contributed by atoms with E-state index in [1.807, 2.05) is 24.3 Å². The Hall–Kier alpha value is -2.82. The highest BCUT2D eigenvalue weighted by molar-refractivity contribution is 7.90. The Kier molecular flexibility index (Phi) is 6.26.